The van der Waals surface area contributed by atoms with Crippen molar-refractivity contribution in [3.05, 3.63) is 71.9 Å². The van der Waals surface area contributed by atoms with Gasteiger partial charge in [0.05, 0.1) is 32.8 Å². The van der Waals surface area contributed by atoms with E-state index in [4.69, 9.17) is 14.2 Å². The fourth-order valence-electron chi connectivity index (χ4n) is 7.83. The molecular weight excluding hydrogens is 652 g/mol. The second-order valence-corrected chi connectivity index (χ2v) is 14.2. The SMILES string of the molecule is CCOc1ncccc1C1C(N2CCNCC2)C(C#N)C[N+](C(=O)[O-])(S(=O)(=O)c2ccc(OC)cc2OC)C1C1C(=O)Nc2ccccc21. The number of nitrogens with one attached hydrogen (secondary N) is 2. The van der Waals surface area contributed by atoms with Crippen LogP contribution in [0.5, 0.6) is 17.4 Å². The van der Waals surface area contributed by atoms with Gasteiger partial charge in [-0.05, 0) is 36.8 Å². The summed E-state index contributed by atoms with van der Waals surface area (Å²) in [5.74, 6) is -3.87. The molecule has 2 aromatic carbocycles. The number of methoxy groups -OCH3 is 2. The summed E-state index contributed by atoms with van der Waals surface area (Å²) in [5, 5.41) is 31.0. The van der Waals surface area contributed by atoms with Gasteiger partial charge in [0.25, 0.3) is 6.09 Å². The zero-order chi connectivity index (χ0) is 34.9. The van der Waals surface area contributed by atoms with Crippen molar-refractivity contribution in [1.82, 2.24) is 15.2 Å². The Morgan fingerprint density at radius 2 is 1.84 bits per heavy atom. The number of aromatic nitrogens is 1. The lowest BCUT2D eigenvalue weighted by Crippen LogP contribution is -2.77. The highest BCUT2D eigenvalue weighted by molar-refractivity contribution is 7.86. The molecule has 6 rings (SSSR count). The molecule has 2 N–H and O–H groups in total. The van der Waals surface area contributed by atoms with Gasteiger partial charge in [-0.2, -0.15) is 17.6 Å². The van der Waals surface area contributed by atoms with Crippen LogP contribution in [0.3, 0.4) is 0 Å². The molecule has 3 aliphatic rings. The third kappa shape index (κ3) is 5.54. The summed E-state index contributed by atoms with van der Waals surface area (Å²) in [6, 6.07) is 14.1. The van der Waals surface area contributed by atoms with Gasteiger partial charge in [0, 0.05) is 55.7 Å². The molecule has 3 aliphatic heterocycles. The number of piperazine rings is 1. The van der Waals surface area contributed by atoms with E-state index in [2.05, 4.69) is 26.6 Å². The Hall–Kier alpha value is -4.75. The maximum absolute atomic E-state index is 15.4. The van der Waals surface area contributed by atoms with E-state index in [0.717, 1.165) is 0 Å². The standard InChI is InChI=1S/C34H38N6O8S/c1-4-48-33-24(9-7-13-37-33)28-30(39-16-14-36-15-17-39)21(19-35)20-40(34(42)43,31(28)29-23-8-5-6-10-25(23)38-32(29)41)49(44,45)27-12-11-22(46-2)18-26(27)47-3/h5-13,18,21,28-31,36H,4,14-17,20H2,1-3H3,(H-,38,41,42,43). The molecule has 2 saturated heterocycles. The number of anilines is 1. The number of hydrogen-bond donors (Lipinski definition) is 2. The van der Waals surface area contributed by atoms with Crippen molar-refractivity contribution in [2.75, 3.05) is 58.9 Å². The number of nitrogens with zero attached hydrogens (tertiary/aromatic N) is 4. The molecule has 1 aromatic heterocycles. The van der Waals surface area contributed by atoms with Crippen LogP contribution in [0.2, 0.25) is 0 Å². The highest BCUT2D eigenvalue weighted by Crippen LogP contribution is 2.54. The molecule has 0 saturated carbocycles. The van der Waals surface area contributed by atoms with Crippen LogP contribution in [-0.4, -0.2) is 99.8 Å². The first-order chi connectivity index (χ1) is 23.6. The van der Waals surface area contributed by atoms with E-state index in [0.29, 0.717) is 43.0 Å². The number of para-hydroxylation sites is 1. The molecule has 2 fully saturated rings. The van der Waals surface area contributed by atoms with Gasteiger partial charge in [-0.1, -0.05) is 24.3 Å². The van der Waals surface area contributed by atoms with Gasteiger partial charge in [0.1, 0.15) is 35.9 Å². The van der Waals surface area contributed by atoms with Gasteiger partial charge < -0.3 is 34.7 Å². The van der Waals surface area contributed by atoms with Crippen LogP contribution in [0.4, 0.5) is 10.5 Å². The smallest absolute Gasteiger partial charge is 0.337 e. The number of amides is 2. The molecule has 0 radical (unpaired) electrons. The third-order valence-corrected chi connectivity index (χ3v) is 12.1. The van der Waals surface area contributed by atoms with Gasteiger partial charge in [0.15, 0.2) is 4.90 Å². The lowest BCUT2D eigenvalue weighted by atomic mass is 9.69. The van der Waals surface area contributed by atoms with Crippen molar-refractivity contribution in [2.24, 2.45) is 5.92 Å². The van der Waals surface area contributed by atoms with Crippen molar-refractivity contribution in [3.8, 4) is 23.4 Å². The summed E-state index contributed by atoms with van der Waals surface area (Å²) < 4.78 is 45.7. The third-order valence-electron chi connectivity index (χ3n) is 9.84. The molecule has 4 heterocycles. The summed E-state index contributed by atoms with van der Waals surface area (Å²) in [6.07, 6.45) is -0.461. The van der Waals surface area contributed by atoms with Gasteiger partial charge in [-0.15, -0.1) is 0 Å². The van der Waals surface area contributed by atoms with E-state index >= 15 is 8.42 Å². The maximum Gasteiger partial charge on any atom is 0.337 e. The lowest BCUT2D eigenvalue weighted by molar-refractivity contribution is -0.798. The van der Waals surface area contributed by atoms with Crippen molar-refractivity contribution in [3.63, 3.8) is 0 Å². The van der Waals surface area contributed by atoms with E-state index in [9.17, 15) is 20.0 Å². The van der Waals surface area contributed by atoms with Crippen LogP contribution in [-0.2, 0) is 14.8 Å². The molecule has 2 amide bonds. The number of carbonyl (C=O) groups excluding carboxylic acids is 2. The van der Waals surface area contributed by atoms with Crippen LogP contribution in [0.25, 0.3) is 0 Å². The van der Waals surface area contributed by atoms with Crippen molar-refractivity contribution in [1.29, 1.82) is 5.26 Å². The Kier molecular flexibility index (Phi) is 9.50. The summed E-state index contributed by atoms with van der Waals surface area (Å²) in [6.45, 7) is 3.43. The first kappa shape index (κ1) is 34.1. The number of pyridine rings is 1. The minimum absolute atomic E-state index is 0.154. The highest BCUT2D eigenvalue weighted by atomic mass is 32.2. The normalized spacial score (nSPS) is 27.0. The predicted octanol–water partition coefficient (Wildman–Crippen LogP) is 1.66. The molecule has 6 unspecified atom stereocenters. The van der Waals surface area contributed by atoms with Crippen LogP contribution in [0, 0.1) is 17.2 Å². The molecule has 3 aromatic rings. The summed E-state index contributed by atoms with van der Waals surface area (Å²) in [7, 11) is -2.43. The molecule has 0 spiro atoms. The molecule has 258 valence electrons. The second kappa shape index (κ2) is 13.6. The Labute approximate surface area is 284 Å². The molecule has 14 nitrogen and oxygen atoms in total. The number of fused-ring (bicyclic) bond motifs is 1. The number of nitriles is 1. The number of benzene rings is 2. The van der Waals surface area contributed by atoms with E-state index in [1.54, 1.807) is 43.3 Å². The fraction of sp³-hybridized carbons (Fsp3) is 0.412. The van der Waals surface area contributed by atoms with Crippen LogP contribution >= 0.6 is 0 Å². The number of sulfonamides is 1. The highest BCUT2D eigenvalue weighted by Gasteiger charge is 2.68. The lowest BCUT2D eigenvalue weighted by Gasteiger charge is -2.56. The molecule has 0 aliphatic carbocycles. The number of quaternary nitrogens is 1. The number of carbonyl (C=O) groups is 2. The zero-order valence-corrected chi connectivity index (χ0v) is 28.2. The first-order valence-corrected chi connectivity index (χ1v) is 17.5. The maximum atomic E-state index is 15.4. The average Bonchev–Trinajstić information content (AvgIpc) is 3.45. The van der Waals surface area contributed by atoms with Crippen molar-refractivity contribution >= 4 is 27.7 Å². The summed E-state index contributed by atoms with van der Waals surface area (Å²) in [4.78, 5) is 34.4. The van der Waals surface area contributed by atoms with Gasteiger partial charge in [-0.25, -0.2) is 4.98 Å². The minimum Gasteiger partial charge on any atom is -0.497 e. The summed E-state index contributed by atoms with van der Waals surface area (Å²) >= 11 is 0. The van der Waals surface area contributed by atoms with Crippen molar-refractivity contribution < 1.29 is 41.2 Å². The van der Waals surface area contributed by atoms with E-state index in [1.807, 2.05) is 0 Å². The van der Waals surface area contributed by atoms with Crippen molar-refractivity contribution in [2.45, 2.75) is 35.7 Å². The van der Waals surface area contributed by atoms with Crippen LogP contribution in [0.1, 0.15) is 29.9 Å². The topological polar surface area (TPSA) is 183 Å². The van der Waals surface area contributed by atoms with E-state index in [-0.39, 0.29) is 24.0 Å². The fourth-order valence-corrected chi connectivity index (χ4v) is 9.95. The predicted molar refractivity (Wildman–Crippen MR) is 174 cm³/mol. The number of hydrogen-bond acceptors (Lipinski definition) is 12. The Morgan fingerprint density at radius 3 is 2.51 bits per heavy atom. The summed E-state index contributed by atoms with van der Waals surface area (Å²) in [5.41, 5.74) is 1.25. The minimum atomic E-state index is -5.09. The molecule has 49 heavy (non-hydrogen) atoms. The van der Waals surface area contributed by atoms with E-state index in [1.165, 1.54) is 38.6 Å². The second-order valence-electron chi connectivity index (χ2n) is 12.1. The zero-order valence-electron chi connectivity index (χ0n) is 27.4. The Morgan fingerprint density at radius 1 is 1.10 bits per heavy atom. The van der Waals surface area contributed by atoms with Crippen LogP contribution in [0.15, 0.2) is 65.7 Å². The first-order valence-electron chi connectivity index (χ1n) is 16.0. The quantitative estimate of drug-likeness (QED) is 0.310. The van der Waals surface area contributed by atoms with Gasteiger partial charge in [-0.3, -0.25) is 9.69 Å². The number of carboxylic acid groups (broad SMARTS) is 1. The van der Waals surface area contributed by atoms with Gasteiger partial charge >= 0.3 is 10.0 Å². The molecular formula is C34H38N6O8S. The largest absolute Gasteiger partial charge is 0.497 e. The monoisotopic (exact) mass is 690 g/mol. The number of rotatable bonds is 9. The molecule has 6 atom stereocenters. The molecule has 15 heteroatoms. The van der Waals surface area contributed by atoms with Crippen LogP contribution < -0.4 is 30.0 Å². The number of piperidine rings is 1. The molecule has 0 bridgehead atoms. The number of likely N-dealkylation sites (tertiary alicyclic amines) is 1. The average molecular weight is 691 g/mol. The Balaban J connectivity index is 1.73. The van der Waals surface area contributed by atoms with Gasteiger partial charge in [0.2, 0.25) is 11.8 Å². The Bertz CT molecular complexity index is 1900. The van der Waals surface area contributed by atoms with E-state index < -0.39 is 67.2 Å². The number of ether oxygens (including phenoxy) is 3.